The molecular weight excluding hydrogens is 194 g/mol. The summed E-state index contributed by atoms with van der Waals surface area (Å²) in [4.78, 5) is 0. The Morgan fingerprint density at radius 2 is 1.81 bits per heavy atom. The molecule has 0 unspecified atom stereocenters. The van der Waals surface area contributed by atoms with Gasteiger partial charge in [-0.2, -0.15) is 0 Å². The number of benzene rings is 1. The lowest BCUT2D eigenvalue weighted by molar-refractivity contribution is 0.307. The summed E-state index contributed by atoms with van der Waals surface area (Å²) < 4.78 is 0. The van der Waals surface area contributed by atoms with Crippen LogP contribution in [0, 0.1) is 0 Å². The lowest BCUT2D eigenvalue weighted by Gasteiger charge is -2.36. The topological polar surface area (TPSA) is 12.0 Å². The van der Waals surface area contributed by atoms with Crippen LogP contribution in [-0.2, 0) is 12.8 Å². The highest BCUT2D eigenvalue weighted by Gasteiger charge is 2.29. The molecule has 0 aliphatic heterocycles. The molecule has 1 fully saturated rings. The van der Waals surface area contributed by atoms with Gasteiger partial charge in [-0.1, -0.05) is 18.2 Å². The molecule has 1 heteroatoms. The minimum Gasteiger partial charge on any atom is -0.317 e. The first kappa shape index (κ1) is 10.3. The van der Waals surface area contributed by atoms with Crippen LogP contribution in [0.15, 0.2) is 18.2 Å². The van der Waals surface area contributed by atoms with Gasteiger partial charge in [-0.3, -0.25) is 0 Å². The quantitative estimate of drug-likeness (QED) is 0.799. The summed E-state index contributed by atoms with van der Waals surface area (Å²) >= 11 is 0. The summed E-state index contributed by atoms with van der Waals surface area (Å²) in [5, 5.41) is 3.36. The second kappa shape index (κ2) is 4.21. The molecule has 0 radical (unpaired) electrons. The number of nitrogens with one attached hydrogen (secondary N) is 1. The van der Waals surface area contributed by atoms with Gasteiger partial charge in [-0.05, 0) is 68.2 Å². The van der Waals surface area contributed by atoms with Crippen LogP contribution in [0.1, 0.15) is 48.3 Å². The second-order valence-electron chi connectivity index (χ2n) is 5.39. The molecule has 16 heavy (non-hydrogen) atoms. The first-order valence-electron chi connectivity index (χ1n) is 6.66. The molecule has 1 aromatic rings. The summed E-state index contributed by atoms with van der Waals surface area (Å²) in [6.45, 7) is 0. The molecule has 3 rings (SSSR count). The monoisotopic (exact) mass is 215 g/mol. The molecule has 0 heterocycles. The Balaban J connectivity index is 1.76. The van der Waals surface area contributed by atoms with Crippen molar-refractivity contribution in [3.05, 3.63) is 34.9 Å². The van der Waals surface area contributed by atoms with Gasteiger partial charge in [-0.15, -0.1) is 0 Å². The molecular formula is C15H21N. The largest absolute Gasteiger partial charge is 0.317 e. The van der Waals surface area contributed by atoms with Crippen molar-refractivity contribution in [3.63, 3.8) is 0 Å². The predicted molar refractivity (Wildman–Crippen MR) is 67.9 cm³/mol. The van der Waals surface area contributed by atoms with E-state index in [1.165, 1.54) is 38.5 Å². The minimum absolute atomic E-state index is 0.765. The highest BCUT2D eigenvalue weighted by atomic mass is 14.9. The molecule has 1 aromatic carbocycles. The lowest BCUT2D eigenvalue weighted by atomic mass is 9.74. The highest BCUT2D eigenvalue weighted by Crippen LogP contribution is 2.38. The van der Waals surface area contributed by atoms with Gasteiger partial charge in [0.15, 0.2) is 0 Å². The molecule has 2 aliphatic rings. The van der Waals surface area contributed by atoms with E-state index in [1.54, 1.807) is 16.7 Å². The fraction of sp³-hybridized carbons (Fsp3) is 0.600. The van der Waals surface area contributed by atoms with Gasteiger partial charge >= 0.3 is 0 Å². The average Bonchev–Trinajstić information content (AvgIpc) is 2.27. The van der Waals surface area contributed by atoms with Crippen molar-refractivity contribution >= 4 is 0 Å². The van der Waals surface area contributed by atoms with Crippen LogP contribution < -0.4 is 5.32 Å². The Morgan fingerprint density at radius 3 is 2.56 bits per heavy atom. The van der Waals surface area contributed by atoms with E-state index >= 15 is 0 Å². The number of rotatable bonds is 2. The second-order valence-corrected chi connectivity index (χ2v) is 5.39. The van der Waals surface area contributed by atoms with Crippen LogP contribution >= 0.6 is 0 Å². The number of hydrogen-bond acceptors (Lipinski definition) is 1. The molecule has 0 bridgehead atoms. The van der Waals surface area contributed by atoms with Crippen molar-refractivity contribution in [2.24, 2.45) is 0 Å². The SMILES string of the molecule is CNC1CC(c2ccc3c(c2)CCCC3)C1. The fourth-order valence-corrected chi connectivity index (χ4v) is 3.13. The van der Waals surface area contributed by atoms with Crippen molar-refractivity contribution < 1.29 is 0 Å². The first-order valence-corrected chi connectivity index (χ1v) is 6.66. The molecule has 0 amide bonds. The third-order valence-electron chi connectivity index (χ3n) is 4.39. The van der Waals surface area contributed by atoms with Gasteiger partial charge in [0.2, 0.25) is 0 Å². The summed E-state index contributed by atoms with van der Waals surface area (Å²) in [5.74, 6) is 0.824. The molecule has 86 valence electrons. The van der Waals surface area contributed by atoms with Crippen molar-refractivity contribution in [3.8, 4) is 0 Å². The Labute approximate surface area is 98.3 Å². The minimum atomic E-state index is 0.765. The lowest BCUT2D eigenvalue weighted by Crippen LogP contribution is -2.37. The average molecular weight is 215 g/mol. The zero-order valence-electron chi connectivity index (χ0n) is 10.1. The maximum atomic E-state index is 3.36. The van der Waals surface area contributed by atoms with Gasteiger partial charge in [0.05, 0.1) is 0 Å². The molecule has 1 saturated carbocycles. The van der Waals surface area contributed by atoms with Gasteiger partial charge in [0, 0.05) is 6.04 Å². The Bertz CT molecular complexity index is 377. The molecule has 0 aromatic heterocycles. The number of hydrogen-bond donors (Lipinski definition) is 1. The van der Waals surface area contributed by atoms with Crippen LogP contribution in [0.5, 0.6) is 0 Å². The standard InChI is InChI=1S/C15H21N/c1-16-15-9-14(10-15)13-7-6-11-4-2-3-5-12(11)8-13/h6-8,14-16H,2-5,9-10H2,1H3. The van der Waals surface area contributed by atoms with Crippen LogP contribution in [0.3, 0.4) is 0 Å². The van der Waals surface area contributed by atoms with Gasteiger partial charge < -0.3 is 5.32 Å². The third-order valence-corrected chi connectivity index (χ3v) is 4.39. The highest BCUT2D eigenvalue weighted by molar-refractivity contribution is 5.36. The normalized spacial score (nSPS) is 28.3. The number of fused-ring (bicyclic) bond motifs is 1. The Morgan fingerprint density at radius 1 is 1.06 bits per heavy atom. The molecule has 2 aliphatic carbocycles. The van der Waals surface area contributed by atoms with Crippen molar-refractivity contribution in [1.82, 2.24) is 5.32 Å². The van der Waals surface area contributed by atoms with E-state index in [9.17, 15) is 0 Å². The van der Waals surface area contributed by atoms with Crippen LogP contribution in [0.4, 0.5) is 0 Å². The molecule has 1 nitrogen and oxygen atoms in total. The summed E-state index contributed by atoms with van der Waals surface area (Å²) in [5.41, 5.74) is 4.84. The summed E-state index contributed by atoms with van der Waals surface area (Å²) in [7, 11) is 2.08. The van der Waals surface area contributed by atoms with E-state index < -0.39 is 0 Å². The van der Waals surface area contributed by atoms with Gasteiger partial charge in [0.25, 0.3) is 0 Å². The van der Waals surface area contributed by atoms with Crippen molar-refractivity contribution in [2.45, 2.75) is 50.5 Å². The van der Waals surface area contributed by atoms with E-state index in [4.69, 9.17) is 0 Å². The van der Waals surface area contributed by atoms with Crippen molar-refractivity contribution in [2.75, 3.05) is 7.05 Å². The molecule has 0 saturated heterocycles. The van der Waals surface area contributed by atoms with Crippen LogP contribution in [-0.4, -0.2) is 13.1 Å². The predicted octanol–water partition coefficient (Wildman–Crippen LogP) is 3.03. The van der Waals surface area contributed by atoms with Gasteiger partial charge in [-0.25, -0.2) is 0 Å². The maximum absolute atomic E-state index is 3.36. The molecule has 0 atom stereocenters. The number of aryl methyl sites for hydroxylation is 2. The van der Waals surface area contributed by atoms with E-state index in [2.05, 4.69) is 30.6 Å². The summed E-state index contributed by atoms with van der Waals surface area (Å²) in [6.07, 6.45) is 8.05. The molecule has 1 N–H and O–H groups in total. The van der Waals surface area contributed by atoms with Crippen LogP contribution in [0.25, 0.3) is 0 Å². The zero-order valence-corrected chi connectivity index (χ0v) is 10.1. The maximum Gasteiger partial charge on any atom is 0.00757 e. The van der Waals surface area contributed by atoms with Crippen molar-refractivity contribution in [1.29, 1.82) is 0 Å². The van der Waals surface area contributed by atoms with E-state index in [1.807, 2.05) is 0 Å². The fourth-order valence-electron chi connectivity index (χ4n) is 3.13. The van der Waals surface area contributed by atoms with E-state index in [0.29, 0.717) is 0 Å². The summed E-state index contributed by atoms with van der Waals surface area (Å²) in [6, 6.07) is 8.02. The van der Waals surface area contributed by atoms with Gasteiger partial charge in [0.1, 0.15) is 0 Å². The molecule has 0 spiro atoms. The zero-order chi connectivity index (χ0) is 11.0. The first-order chi connectivity index (χ1) is 7.86. The smallest absolute Gasteiger partial charge is 0.00757 e. The third kappa shape index (κ3) is 1.78. The van der Waals surface area contributed by atoms with E-state index in [-0.39, 0.29) is 0 Å². The van der Waals surface area contributed by atoms with E-state index in [0.717, 1.165) is 12.0 Å². The Kier molecular flexibility index (Phi) is 2.72. The van der Waals surface area contributed by atoms with Crippen LogP contribution in [0.2, 0.25) is 0 Å². The Hall–Kier alpha value is -0.820.